The second-order valence-corrected chi connectivity index (χ2v) is 5.02. The minimum absolute atomic E-state index is 0.236. The van der Waals surface area contributed by atoms with E-state index < -0.39 is 12.0 Å². The average Bonchev–Trinajstić information content (AvgIpc) is 2.48. The SMILES string of the molecule is O=C(O)CNC(=O)C(c1ccccc1)N1CCCCC1. The third-order valence-electron chi connectivity index (χ3n) is 3.53. The van der Waals surface area contributed by atoms with Crippen LogP contribution in [0.1, 0.15) is 30.9 Å². The number of carbonyl (C=O) groups excluding carboxylic acids is 1. The summed E-state index contributed by atoms with van der Waals surface area (Å²) < 4.78 is 0. The van der Waals surface area contributed by atoms with Gasteiger partial charge in [0.1, 0.15) is 12.6 Å². The van der Waals surface area contributed by atoms with Crippen LogP contribution in [0.2, 0.25) is 0 Å². The maximum Gasteiger partial charge on any atom is 0.322 e. The number of hydrogen-bond donors (Lipinski definition) is 2. The maximum atomic E-state index is 12.3. The molecule has 108 valence electrons. The molecule has 1 aromatic carbocycles. The van der Waals surface area contributed by atoms with Crippen LogP contribution < -0.4 is 5.32 Å². The van der Waals surface area contributed by atoms with Crippen LogP contribution in [0.5, 0.6) is 0 Å². The lowest BCUT2D eigenvalue weighted by Crippen LogP contribution is -2.44. The number of piperidine rings is 1. The van der Waals surface area contributed by atoms with Crippen LogP contribution in [0.25, 0.3) is 0 Å². The molecule has 0 bridgehead atoms. The molecule has 2 rings (SSSR count). The summed E-state index contributed by atoms with van der Waals surface area (Å²) in [6, 6.07) is 9.15. The molecule has 0 radical (unpaired) electrons. The highest BCUT2D eigenvalue weighted by Gasteiger charge is 2.28. The molecule has 1 heterocycles. The molecule has 1 aromatic rings. The Labute approximate surface area is 118 Å². The standard InChI is InChI=1S/C15H20N2O3/c18-13(19)11-16-15(20)14(12-7-3-1-4-8-12)17-9-5-2-6-10-17/h1,3-4,7-8,14H,2,5-6,9-11H2,(H,16,20)(H,18,19). The predicted molar refractivity (Wildman–Crippen MR) is 75.3 cm³/mol. The van der Waals surface area contributed by atoms with Crippen molar-refractivity contribution in [2.75, 3.05) is 19.6 Å². The molecule has 0 spiro atoms. The zero-order valence-electron chi connectivity index (χ0n) is 11.4. The minimum Gasteiger partial charge on any atom is -0.480 e. The zero-order chi connectivity index (χ0) is 14.4. The van der Waals surface area contributed by atoms with Crippen molar-refractivity contribution in [1.82, 2.24) is 10.2 Å². The lowest BCUT2D eigenvalue weighted by Gasteiger charge is -2.33. The first kappa shape index (κ1) is 14.5. The molecule has 1 aliphatic rings. The third-order valence-corrected chi connectivity index (χ3v) is 3.53. The number of amides is 1. The number of nitrogens with one attached hydrogen (secondary N) is 1. The summed E-state index contributed by atoms with van der Waals surface area (Å²) in [5, 5.41) is 11.2. The Hall–Kier alpha value is -1.88. The van der Waals surface area contributed by atoms with Crippen molar-refractivity contribution < 1.29 is 14.7 Å². The Morgan fingerprint density at radius 2 is 1.80 bits per heavy atom. The van der Waals surface area contributed by atoms with Gasteiger partial charge >= 0.3 is 5.97 Å². The number of aliphatic carboxylic acids is 1. The second kappa shape index (κ2) is 7.05. The first-order valence-corrected chi connectivity index (χ1v) is 6.97. The molecule has 0 aromatic heterocycles. The molecule has 1 unspecified atom stereocenters. The van der Waals surface area contributed by atoms with Gasteiger partial charge in [0.15, 0.2) is 0 Å². The lowest BCUT2D eigenvalue weighted by atomic mass is 10.0. The molecule has 2 N–H and O–H groups in total. The van der Waals surface area contributed by atoms with Gasteiger partial charge in [0, 0.05) is 0 Å². The number of nitrogens with zero attached hydrogens (tertiary/aromatic N) is 1. The van der Waals surface area contributed by atoms with Crippen molar-refractivity contribution in [1.29, 1.82) is 0 Å². The van der Waals surface area contributed by atoms with E-state index in [0.717, 1.165) is 31.5 Å². The summed E-state index contributed by atoms with van der Waals surface area (Å²) >= 11 is 0. The number of carboxylic acids is 1. The van der Waals surface area contributed by atoms with Crippen molar-refractivity contribution in [3.8, 4) is 0 Å². The highest BCUT2D eigenvalue weighted by molar-refractivity contribution is 5.86. The van der Waals surface area contributed by atoms with Crippen molar-refractivity contribution in [2.24, 2.45) is 0 Å². The minimum atomic E-state index is -1.02. The number of hydrogen-bond acceptors (Lipinski definition) is 3. The molecule has 1 aliphatic heterocycles. The van der Waals surface area contributed by atoms with Gasteiger partial charge in [0.2, 0.25) is 5.91 Å². The molecular weight excluding hydrogens is 256 g/mol. The second-order valence-electron chi connectivity index (χ2n) is 5.02. The largest absolute Gasteiger partial charge is 0.480 e. The number of rotatable bonds is 5. The van der Waals surface area contributed by atoms with E-state index in [9.17, 15) is 9.59 Å². The van der Waals surface area contributed by atoms with Crippen LogP contribution in [-0.4, -0.2) is 41.5 Å². The summed E-state index contributed by atoms with van der Waals surface area (Å²) in [5.74, 6) is -1.26. The third kappa shape index (κ3) is 3.81. The molecular formula is C15H20N2O3. The highest BCUT2D eigenvalue weighted by atomic mass is 16.4. The van der Waals surface area contributed by atoms with Crippen LogP contribution >= 0.6 is 0 Å². The van der Waals surface area contributed by atoms with E-state index in [0.29, 0.717) is 0 Å². The molecule has 5 nitrogen and oxygen atoms in total. The van der Waals surface area contributed by atoms with Crippen LogP contribution in [0, 0.1) is 0 Å². The van der Waals surface area contributed by atoms with Gasteiger partial charge in [-0.3, -0.25) is 14.5 Å². The molecule has 1 fully saturated rings. The van der Waals surface area contributed by atoms with E-state index in [-0.39, 0.29) is 12.5 Å². The first-order chi connectivity index (χ1) is 9.68. The summed E-state index contributed by atoms with van der Waals surface area (Å²) in [7, 11) is 0. The number of carboxylic acid groups (broad SMARTS) is 1. The lowest BCUT2D eigenvalue weighted by molar-refractivity contribution is -0.139. The monoisotopic (exact) mass is 276 g/mol. The summed E-state index contributed by atoms with van der Waals surface area (Å²) in [6.07, 6.45) is 3.35. The smallest absolute Gasteiger partial charge is 0.322 e. The van der Waals surface area contributed by atoms with Gasteiger partial charge in [-0.1, -0.05) is 36.8 Å². The summed E-state index contributed by atoms with van der Waals surface area (Å²) in [5.41, 5.74) is 0.914. The number of likely N-dealkylation sites (tertiary alicyclic amines) is 1. The van der Waals surface area contributed by atoms with Crippen LogP contribution in [0.15, 0.2) is 30.3 Å². The van der Waals surface area contributed by atoms with Gasteiger partial charge in [-0.05, 0) is 31.5 Å². The molecule has 0 aliphatic carbocycles. The van der Waals surface area contributed by atoms with Gasteiger partial charge in [0.05, 0.1) is 0 Å². The van der Waals surface area contributed by atoms with E-state index in [1.165, 1.54) is 6.42 Å². The fraction of sp³-hybridized carbons (Fsp3) is 0.467. The van der Waals surface area contributed by atoms with Crippen molar-refractivity contribution in [3.05, 3.63) is 35.9 Å². The summed E-state index contributed by atoms with van der Waals surface area (Å²) in [6.45, 7) is 1.41. The average molecular weight is 276 g/mol. The van der Waals surface area contributed by atoms with Crippen molar-refractivity contribution in [2.45, 2.75) is 25.3 Å². The Bertz CT molecular complexity index is 455. The molecule has 1 saturated heterocycles. The van der Waals surface area contributed by atoms with E-state index in [4.69, 9.17) is 5.11 Å². The molecule has 1 atom stereocenters. The molecule has 0 saturated carbocycles. The number of benzene rings is 1. The predicted octanol–water partition coefficient (Wildman–Crippen LogP) is 1.41. The Balaban J connectivity index is 2.15. The van der Waals surface area contributed by atoms with Crippen LogP contribution in [0.4, 0.5) is 0 Å². The van der Waals surface area contributed by atoms with Gasteiger partial charge in [0.25, 0.3) is 0 Å². The van der Waals surface area contributed by atoms with Gasteiger partial charge in [-0.2, -0.15) is 0 Å². The maximum absolute atomic E-state index is 12.3. The van der Waals surface area contributed by atoms with Gasteiger partial charge in [-0.25, -0.2) is 0 Å². The quantitative estimate of drug-likeness (QED) is 0.853. The van der Waals surface area contributed by atoms with Crippen LogP contribution in [-0.2, 0) is 9.59 Å². The van der Waals surface area contributed by atoms with Gasteiger partial charge < -0.3 is 10.4 Å². The molecule has 5 heteroatoms. The van der Waals surface area contributed by atoms with E-state index in [2.05, 4.69) is 10.2 Å². The normalized spacial score (nSPS) is 17.4. The van der Waals surface area contributed by atoms with E-state index >= 15 is 0 Å². The fourth-order valence-corrected chi connectivity index (χ4v) is 2.60. The van der Waals surface area contributed by atoms with Gasteiger partial charge in [-0.15, -0.1) is 0 Å². The summed E-state index contributed by atoms with van der Waals surface area (Å²) in [4.78, 5) is 25.1. The molecule has 1 amide bonds. The van der Waals surface area contributed by atoms with E-state index in [1.807, 2.05) is 30.3 Å². The fourth-order valence-electron chi connectivity index (χ4n) is 2.60. The zero-order valence-corrected chi connectivity index (χ0v) is 11.4. The topological polar surface area (TPSA) is 69.6 Å². The number of carbonyl (C=O) groups is 2. The van der Waals surface area contributed by atoms with Crippen molar-refractivity contribution >= 4 is 11.9 Å². The Kier molecular flexibility index (Phi) is 5.12. The van der Waals surface area contributed by atoms with E-state index in [1.54, 1.807) is 0 Å². The first-order valence-electron chi connectivity index (χ1n) is 6.97. The Morgan fingerprint density at radius 1 is 1.15 bits per heavy atom. The highest BCUT2D eigenvalue weighted by Crippen LogP contribution is 2.24. The Morgan fingerprint density at radius 3 is 2.40 bits per heavy atom. The van der Waals surface area contributed by atoms with Crippen molar-refractivity contribution in [3.63, 3.8) is 0 Å². The van der Waals surface area contributed by atoms with Crippen LogP contribution in [0.3, 0.4) is 0 Å². The molecule has 20 heavy (non-hydrogen) atoms.